The molecule has 1 amide bonds. The van der Waals surface area contributed by atoms with E-state index in [4.69, 9.17) is 11.6 Å². The Bertz CT molecular complexity index is 527. The standard InChI is InChI=1S/C17H22ClNO2/c18-14-6-2-5-13(10-14)17(8-3-9-17)16(21)19-11-12-4-1-7-15(12)20/h2,5-6,10,12,15,20H,1,3-4,7-9,11H2,(H,19,21). The summed E-state index contributed by atoms with van der Waals surface area (Å²) in [4.78, 5) is 12.7. The lowest BCUT2D eigenvalue weighted by molar-refractivity contribution is -0.130. The van der Waals surface area contributed by atoms with Gasteiger partial charge in [-0.3, -0.25) is 4.79 Å². The zero-order valence-electron chi connectivity index (χ0n) is 12.1. The Hall–Kier alpha value is -1.06. The van der Waals surface area contributed by atoms with Gasteiger partial charge >= 0.3 is 0 Å². The van der Waals surface area contributed by atoms with Gasteiger partial charge in [0.05, 0.1) is 11.5 Å². The normalized spacial score (nSPS) is 27.1. The molecule has 1 aromatic rings. The van der Waals surface area contributed by atoms with Crippen LogP contribution in [0, 0.1) is 5.92 Å². The third kappa shape index (κ3) is 2.82. The lowest BCUT2D eigenvalue weighted by Gasteiger charge is -2.41. The molecule has 114 valence electrons. The number of hydrogen-bond donors (Lipinski definition) is 2. The SMILES string of the molecule is O=C(NCC1CCCC1O)C1(c2cccc(Cl)c2)CCC1. The quantitative estimate of drug-likeness (QED) is 0.898. The predicted octanol–water partition coefficient (Wildman–Crippen LogP) is 3.04. The summed E-state index contributed by atoms with van der Waals surface area (Å²) in [6.45, 7) is 0.586. The van der Waals surface area contributed by atoms with Gasteiger partial charge < -0.3 is 10.4 Å². The van der Waals surface area contributed by atoms with E-state index in [0.29, 0.717) is 11.6 Å². The third-order valence-corrected chi connectivity index (χ3v) is 5.40. The van der Waals surface area contributed by atoms with E-state index in [0.717, 1.165) is 44.1 Å². The Balaban J connectivity index is 1.69. The molecule has 3 rings (SSSR count). The highest BCUT2D eigenvalue weighted by atomic mass is 35.5. The van der Waals surface area contributed by atoms with Gasteiger partial charge in [-0.05, 0) is 43.4 Å². The summed E-state index contributed by atoms with van der Waals surface area (Å²) < 4.78 is 0. The highest BCUT2D eigenvalue weighted by Crippen LogP contribution is 2.44. The monoisotopic (exact) mass is 307 g/mol. The number of benzene rings is 1. The van der Waals surface area contributed by atoms with Crippen LogP contribution < -0.4 is 5.32 Å². The van der Waals surface area contributed by atoms with Crippen LogP contribution in [-0.4, -0.2) is 23.7 Å². The minimum Gasteiger partial charge on any atom is -0.393 e. The van der Waals surface area contributed by atoms with Crippen molar-refractivity contribution in [3.63, 3.8) is 0 Å². The second-order valence-corrected chi connectivity index (χ2v) is 6.85. The van der Waals surface area contributed by atoms with Crippen molar-refractivity contribution in [1.29, 1.82) is 0 Å². The molecule has 0 bridgehead atoms. The first-order chi connectivity index (χ1) is 10.1. The van der Waals surface area contributed by atoms with Crippen molar-refractivity contribution in [2.45, 2.75) is 50.0 Å². The average molecular weight is 308 g/mol. The fourth-order valence-corrected chi connectivity index (χ4v) is 3.80. The molecule has 2 aliphatic rings. The highest BCUT2D eigenvalue weighted by Gasteiger charge is 2.45. The molecule has 4 heteroatoms. The fraction of sp³-hybridized carbons (Fsp3) is 0.588. The van der Waals surface area contributed by atoms with Crippen molar-refractivity contribution in [2.75, 3.05) is 6.54 Å². The first kappa shape index (κ1) is 14.9. The summed E-state index contributed by atoms with van der Waals surface area (Å²) in [6, 6.07) is 7.65. The van der Waals surface area contributed by atoms with E-state index in [1.165, 1.54) is 0 Å². The van der Waals surface area contributed by atoms with Crippen molar-refractivity contribution in [3.8, 4) is 0 Å². The molecule has 2 saturated carbocycles. The van der Waals surface area contributed by atoms with E-state index in [1.54, 1.807) is 0 Å². The van der Waals surface area contributed by atoms with Gasteiger partial charge in [-0.25, -0.2) is 0 Å². The molecule has 0 aliphatic heterocycles. The summed E-state index contributed by atoms with van der Waals surface area (Å²) in [5.41, 5.74) is 0.611. The molecular formula is C17H22ClNO2. The molecule has 2 N–H and O–H groups in total. The van der Waals surface area contributed by atoms with Crippen LogP contribution in [0.3, 0.4) is 0 Å². The van der Waals surface area contributed by atoms with Crippen LogP contribution in [0.5, 0.6) is 0 Å². The first-order valence-corrected chi connectivity index (χ1v) is 8.22. The van der Waals surface area contributed by atoms with E-state index in [1.807, 2.05) is 24.3 Å². The van der Waals surface area contributed by atoms with Crippen LogP contribution >= 0.6 is 11.6 Å². The lowest BCUT2D eigenvalue weighted by atomic mass is 9.64. The Labute approximate surface area is 130 Å². The Morgan fingerprint density at radius 2 is 2.14 bits per heavy atom. The van der Waals surface area contributed by atoms with Crippen molar-refractivity contribution in [2.24, 2.45) is 5.92 Å². The summed E-state index contributed by atoms with van der Waals surface area (Å²) in [6.07, 6.45) is 5.51. The minimum absolute atomic E-state index is 0.0927. The highest BCUT2D eigenvalue weighted by molar-refractivity contribution is 6.30. The van der Waals surface area contributed by atoms with Gasteiger partial charge in [0.15, 0.2) is 0 Å². The molecule has 0 radical (unpaired) electrons. The van der Waals surface area contributed by atoms with Gasteiger partial charge in [0, 0.05) is 17.5 Å². The molecular weight excluding hydrogens is 286 g/mol. The van der Waals surface area contributed by atoms with Gasteiger partial charge in [0.2, 0.25) is 5.91 Å². The predicted molar refractivity (Wildman–Crippen MR) is 83.3 cm³/mol. The van der Waals surface area contributed by atoms with Crippen LogP contribution in [0.15, 0.2) is 24.3 Å². The fourth-order valence-electron chi connectivity index (χ4n) is 3.61. The molecule has 2 fully saturated rings. The number of carbonyl (C=O) groups is 1. The van der Waals surface area contributed by atoms with Crippen LogP contribution in [0.25, 0.3) is 0 Å². The lowest BCUT2D eigenvalue weighted by Crippen LogP contribution is -2.50. The molecule has 2 aliphatic carbocycles. The van der Waals surface area contributed by atoms with Crippen LogP contribution in [-0.2, 0) is 10.2 Å². The maximum atomic E-state index is 12.7. The number of carbonyl (C=O) groups excluding carboxylic acids is 1. The van der Waals surface area contributed by atoms with E-state index >= 15 is 0 Å². The number of halogens is 1. The Morgan fingerprint density at radius 1 is 1.33 bits per heavy atom. The molecule has 2 atom stereocenters. The number of aliphatic hydroxyl groups is 1. The number of aliphatic hydroxyl groups excluding tert-OH is 1. The van der Waals surface area contributed by atoms with Gasteiger partial charge in [0.1, 0.15) is 0 Å². The van der Waals surface area contributed by atoms with Crippen LogP contribution in [0.1, 0.15) is 44.1 Å². The van der Waals surface area contributed by atoms with Gasteiger partial charge in [-0.1, -0.05) is 36.6 Å². The maximum absolute atomic E-state index is 12.7. The largest absolute Gasteiger partial charge is 0.393 e. The Kier molecular flexibility index (Phi) is 4.23. The maximum Gasteiger partial charge on any atom is 0.230 e. The average Bonchev–Trinajstić information content (AvgIpc) is 2.81. The smallest absolute Gasteiger partial charge is 0.230 e. The van der Waals surface area contributed by atoms with Crippen molar-refractivity contribution >= 4 is 17.5 Å². The number of amides is 1. The summed E-state index contributed by atoms with van der Waals surface area (Å²) in [7, 11) is 0. The van der Waals surface area contributed by atoms with Crippen molar-refractivity contribution < 1.29 is 9.90 Å². The number of nitrogens with one attached hydrogen (secondary N) is 1. The molecule has 0 aromatic heterocycles. The molecule has 21 heavy (non-hydrogen) atoms. The van der Waals surface area contributed by atoms with Crippen LogP contribution in [0.2, 0.25) is 5.02 Å². The second-order valence-electron chi connectivity index (χ2n) is 6.41. The third-order valence-electron chi connectivity index (χ3n) is 5.16. The first-order valence-electron chi connectivity index (χ1n) is 7.84. The van der Waals surface area contributed by atoms with Crippen molar-refractivity contribution in [3.05, 3.63) is 34.9 Å². The van der Waals surface area contributed by atoms with Crippen LogP contribution in [0.4, 0.5) is 0 Å². The number of hydrogen-bond acceptors (Lipinski definition) is 2. The zero-order valence-corrected chi connectivity index (χ0v) is 12.9. The topological polar surface area (TPSA) is 49.3 Å². The Morgan fingerprint density at radius 3 is 2.71 bits per heavy atom. The van der Waals surface area contributed by atoms with Gasteiger partial charge in [-0.2, -0.15) is 0 Å². The second kappa shape index (κ2) is 5.98. The van der Waals surface area contributed by atoms with E-state index in [2.05, 4.69) is 5.32 Å². The summed E-state index contributed by atoms with van der Waals surface area (Å²) in [5.74, 6) is 0.306. The van der Waals surface area contributed by atoms with Gasteiger partial charge in [-0.15, -0.1) is 0 Å². The van der Waals surface area contributed by atoms with E-state index in [-0.39, 0.29) is 17.9 Å². The molecule has 1 aromatic carbocycles. The molecule has 0 heterocycles. The molecule has 3 nitrogen and oxygen atoms in total. The summed E-state index contributed by atoms with van der Waals surface area (Å²) in [5, 5.41) is 13.6. The molecule has 0 spiro atoms. The van der Waals surface area contributed by atoms with Gasteiger partial charge in [0.25, 0.3) is 0 Å². The van der Waals surface area contributed by atoms with E-state index < -0.39 is 5.41 Å². The zero-order chi connectivity index (χ0) is 14.9. The molecule has 2 unspecified atom stereocenters. The minimum atomic E-state index is -0.408. The number of rotatable bonds is 4. The molecule has 0 saturated heterocycles. The van der Waals surface area contributed by atoms with E-state index in [9.17, 15) is 9.90 Å². The van der Waals surface area contributed by atoms with Crippen molar-refractivity contribution in [1.82, 2.24) is 5.32 Å². The summed E-state index contributed by atoms with van der Waals surface area (Å²) >= 11 is 6.07.